The van der Waals surface area contributed by atoms with Crippen molar-refractivity contribution in [3.8, 4) is 0 Å². The highest BCUT2D eigenvalue weighted by atomic mass is 35.5. The summed E-state index contributed by atoms with van der Waals surface area (Å²) in [7, 11) is 0. The summed E-state index contributed by atoms with van der Waals surface area (Å²) in [6, 6.07) is 13.8. The minimum atomic E-state index is -1.21. The van der Waals surface area contributed by atoms with Crippen LogP contribution in [0.25, 0.3) is 11.0 Å². The lowest BCUT2D eigenvalue weighted by Crippen LogP contribution is -2.32. The second-order valence-corrected chi connectivity index (χ2v) is 5.76. The number of aliphatic hydroxyl groups is 1. The minimum absolute atomic E-state index is 0.368. The maximum Gasteiger partial charge on any atom is 0.254 e. The molecular formula is C17H16ClN3O2. The Morgan fingerprint density at radius 3 is 2.74 bits per heavy atom. The van der Waals surface area contributed by atoms with Crippen LogP contribution in [0.1, 0.15) is 30.5 Å². The third-order valence-corrected chi connectivity index (χ3v) is 3.83. The van der Waals surface area contributed by atoms with Crippen LogP contribution in [0.3, 0.4) is 0 Å². The molecule has 0 saturated carbocycles. The Hall–Kier alpha value is -2.37. The second kappa shape index (κ2) is 6.40. The number of amides is 1. The topological polar surface area (TPSA) is 78.0 Å². The van der Waals surface area contributed by atoms with Crippen LogP contribution in [0.5, 0.6) is 0 Å². The van der Waals surface area contributed by atoms with Gasteiger partial charge in [0.05, 0.1) is 17.1 Å². The molecule has 0 fully saturated rings. The molecule has 118 valence electrons. The number of halogens is 1. The number of aromatic nitrogens is 2. The zero-order valence-electron chi connectivity index (χ0n) is 12.5. The molecule has 0 radical (unpaired) electrons. The molecule has 23 heavy (non-hydrogen) atoms. The smallest absolute Gasteiger partial charge is 0.254 e. The zero-order valence-corrected chi connectivity index (χ0v) is 13.2. The van der Waals surface area contributed by atoms with Crippen LogP contribution in [-0.4, -0.2) is 21.0 Å². The van der Waals surface area contributed by atoms with E-state index in [1.807, 2.05) is 12.1 Å². The molecule has 1 aromatic heterocycles. The Kier molecular flexibility index (Phi) is 4.32. The standard InChI is InChI=1S/C17H16ClN3O2/c1-10(16-20-13-8-7-12(18)9-14(13)21-16)19-17(23)15(22)11-5-3-2-4-6-11/h2-10,15,22H,1H3,(H,19,23)(H,20,21)/t10-,15+/m0/s1. The van der Waals surface area contributed by atoms with Gasteiger partial charge in [0, 0.05) is 5.02 Å². The van der Waals surface area contributed by atoms with Gasteiger partial charge in [-0.2, -0.15) is 0 Å². The van der Waals surface area contributed by atoms with Gasteiger partial charge in [0.1, 0.15) is 5.82 Å². The summed E-state index contributed by atoms with van der Waals surface area (Å²) in [6.45, 7) is 1.80. The van der Waals surface area contributed by atoms with Crippen LogP contribution in [-0.2, 0) is 4.79 Å². The van der Waals surface area contributed by atoms with Crippen molar-refractivity contribution in [2.24, 2.45) is 0 Å². The van der Waals surface area contributed by atoms with Gasteiger partial charge >= 0.3 is 0 Å². The molecule has 1 heterocycles. The normalized spacial score (nSPS) is 13.7. The SMILES string of the molecule is C[C@H](NC(=O)[C@H](O)c1ccccc1)c1nc2ccc(Cl)cc2[nH]1. The van der Waals surface area contributed by atoms with Crippen molar-refractivity contribution in [2.45, 2.75) is 19.1 Å². The monoisotopic (exact) mass is 329 g/mol. The maximum atomic E-state index is 12.2. The van der Waals surface area contributed by atoms with Gasteiger partial charge in [-0.05, 0) is 30.7 Å². The Balaban J connectivity index is 1.74. The summed E-state index contributed by atoms with van der Waals surface area (Å²) in [4.78, 5) is 19.7. The molecule has 2 atom stereocenters. The zero-order chi connectivity index (χ0) is 16.4. The molecule has 3 aromatic rings. The molecule has 0 aliphatic rings. The number of hydrogen-bond donors (Lipinski definition) is 3. The molecule has 1 amide bonds. The number of nitrogens with one attached hydrogen (secondary N) is 2. The summed E-state index contributed by atoms with van der Waals surface area (Å²) in [6.07, 6.45) is -1.21. The second-order valence-electron chi connectivity index (χ2n) is 5.33. The first kappa shape index (κ1) is 15.5. The van der Waals surface area contributed by atoms with Crippen molar-refractivity contribution in [1.29, 1.82) is 0 Å². The first-order valence-corrected chi connectivity index (χ1v) is 7.61. The van der Waals surface area contributed by atoms with Gasteiger partial charge in [-0.3, -0.25) is 4.79 Å². The Morgan fingerprint density at radius 1 is 1.26 bits per heavy atom. The Morgan fingerprint density at radius 2 is 2.00 bits per heavy atom. The van der Waals surface area contributed by atoms with Crippen molar-refractivity contribution in [3.05, 3.63) is 64.9 Å². The van der Waals surface area contributed by atoms with Crippen LogP contribution in [0.2, 0.25) is 5.02 Å². The number of imidazole rings is 1. The van der Waals surface area contributed by atoms with Crippen molar-refractivity contribution in [3.63, 3.8) is 0 Å². The summed E-state index contributed by atoms with van der Waals surface area (Å²) in [5, 5.41) is 13.5. The average Bonchev–Trinajstić information content (AvgIpc) is 2.98. The first-order chi connectivity index (χ1) is 11.0. The van der Waals surface area contributed by atoms with Crippen LogP contribution in [0.15, 0.2) is 48.5 Å². The molecule has 0 saturated heterocycles. The van der Waals surface area contributed by atoms with Crippen LogP contribution >= 0.6 is 11.6 Å². The van der Waals surface area contributed by atoms with Gasteiger partial charge in [0.2, 0.25) is 0 Å². The van der Waals surface area contributed by atoms with Crippen LogP contribution in [0, 0.1) is 0 Å². The molecule has 0 bridgehead atoms. The fraction of sp³-hybridized carbons (Fsp3) is 0.176. The van der Waals surface area contributed by atoms with E-state index in [9.17, 15) is 9.90 Å². The highest BCUT2D eigenvalue weighted by Gasteiger charge is 2.20. The molecule has 0 spiro atoms. The van der Waals surface area contributed by atoms with Gasteiger partial charge in [0.15, 0.2) is 6.10 Å². The number of aromatic amines is 1. The summed E-state index contributed by atoms with van der Waals surface area (Å²) in [5.41, 5.74) is 2.12. The van der Waals surface area contributed by atoms with E-state index >= 15 is 0 Å². The highest BCUT2D eigenvalue weighted by Crippen LogP contribution is 2.20. The van der Waals surface area contributed by atoms with E-state index in [0.29, 0.717) is 16.4 Å². The fourth-order valence-corrected chi connectivity index (χ4v) is 2.53. The lowest BCUT2D eigenvalue weighted by atomic mass is 10.1. The van der Waals surface area contributed by atoms with Crippen LogP contribution in [0.4, 0.5) is 0 Å². The number of nitrogens with zero attached hydrogens (tertiary/aromatic N) is 1. The van der Waals surface area contributed by atoms with E-state index in [4.69, 9.17) is 11.6 Å². The first-order valence-electron chi connectivity index (χ1n) is 7.23. The highest BCUT2D eigenvalue weighted by molar-refractivity contribution is 6.31. The molecule has 3 rings (SSSR count). The molecule has 0 aliphatic heterocycles. The van der Waals surface area contributed by atoms with E-state index < -0.39 is 12.0 Å². The van der Waals surface area contributed by atoms with E-state index in [0.717, 1.165) is 11.0 Å². The molecule has 2 aromatic carbocycles. The van der Waals surface area contributed by atoms with Gasteiger partial charge < -0.3 is 15.4 Å². The quantitative estimate of drug-likeness (QED) is 0.688. The van der Waals surface area contributed by atoms with Crippen molar-refractivity contribution >= 4 is 28.5 Å². The third kappa shape index (κ3) is 3.36. The number of aliphatic hydroxyl groups excluding tert-OH is 1. The number of fused-ring (bicyclic) bond motifs is 1. The Bertz CT molecular complexity index is 832. The third-order valence-electron chi connectivity index (χ3n) is 3.59. The summed E-state index contributed by atoms with van der Waals surface area (Å²) < 4.78 is 0. The number of carbonyl (C=O) groups is 1. The predicted molar refractivity (Wildman–Crippen MR) is 89.1 cm³/mol. The average molecular weight is 330 g/mol. The largest absolute Gasteiger partial charge is 0.378 e. The van der Waals surface area contributed by atoms with E-state index in [2.05, 4.69) is 15.3 Å². The molecule has 5 nitrogen and oxygen atoms in total. The van der Waals surface area contributed by atoms with Gasteiger partial charge in [-0.25, -0.2) is 4.98 Å². The van der Waals surface area contributed by atoms with Crippen molar-refractivity contribution < 1.29 is 9.90 Å². The maximum absolute atomic E-state index is 12.2. The molecular weight excluding hydrogens is 314 g/mol. The Labute approximate surface area is 138 Å². The molecule has 0 unspecified atom stereocenters. The molecule has 6 heteroatoms. The number of H-pyrrole nitrogens is 1. The van der Waals surface area contributed by atoms with Crippen LogP contribution < -0.4 is 5.32 Å². The van der Waals surface area contributed by atoms with Gasteiger partial charge in [-0.15, -0.1) is 0 Å². The van der Waals surface area contributed by atoms with Gasteiger partial charge in [-0.1, -0.05) is 41.9 Å². The van der Waals surface area contributed by atoms with Crippen molar-refractivity contribution in [2.75, 3.05) is 0 Å². The fourth-order valence-electron chi connectivity index (χ4n) is 2.35. The molecule has 0 aliphatic carbocycles. The number of benzene rings is 2. The predicted octanol–water partition coefficient (Wildman–Crippen LogP) is 3.13. The number of carbonyl (C=O) groups excluding carboxylic acids is 1. The lowest BCUT2D eigenvalue weighted by molar-refractivity contribution is -0.130. The van der Waals surface area contributed by atoms with Gasteiger partial charge in [0.25, 0.3) is 5.91 Å². The summed E-state index contributed by atoms with van der Waals surface area (Å²) >= 11 is 5.95. The number of rotatable bonds is 4. The lowest BCUT2D eigenvalue weighted by Gasteiger charge is -2.15. The summed E-state index contributed by atoms with van der Waals surface area (Å²) in [5.74, 6) is 0.137. The van der Waals surface area contributed by atoms with E-state index in [1.165, 1.54) is 0 Å². The van der Waals surface area contributed by atoms with Crippen molar-refractivity contribution in [1.82, 2.24) is 15.3 Å². The minimum Gasteiger partial charge on any atom is -0.378 e. The number of hydrogen-bond acceptors (Lipinski definition) is 3. The van der Waals surface area contributed by atoms with E-state index in [1.54, 1.807) is 43.3 Å². The molecule has 3 N–H and O–H groups in total. The van der Waals surface area contributed by atoms with E-state index in [-0.39, 0.29) is 6.04 Å².